The van der Waals surface area contributed by atoms with Crippen molar-refractivity contribution in [2.75, 3.05) is 53.7 Å². The zero-order valence-electron chi connectivity index (χ0n) is 57.6. The number of β-amino-alcohol motifs (C(OH)–C–C–N with tert-alkyl or cyclic N) is 1. The number of ether oxygens (including phenoxy) is 7. The summed E-state index contributed by atoms with van der Waals surface area (Å²) >= 11 is 0. The number of carbonyl (C=O) groups excluding carboxylic acids is 5. The molecule has 10 unspecified atom stereocenters. The standard InChI is InChI=1S/C75H116N4O13/c1-11-67-54(5)52(3)56(7)73(91-67)88-47-27-23-34-69(82)76-45-26-22-33-66(78-70(83)35-24-28-48-89-74-57(8)53(4)55(6)68(12-2)92-74)72(85)77-46-25-16-20-32-62(80)31-19-13-14-21-36-71(84)79-50-63(81)49-61(79)51-90-75(58-29-17-15-18-30-58,59-37-41-64(86-9)42-38-59)60-39-43-65(87-10)44-40-60/h15,17-18,29-30,37-44,52-57,61,63,66-68,73-74,81H,11-14,16,19-28,31-36,45-51H2,1-10H3,(H,76,82)(H,77,85)(H,78,83)/t52?,53?,54?,55?,56?,57?,61-,63+,66-,67?,68?,73?,74?/m0/s1. The molecule has 92 heavy (non-hydrogen) atoms. The molecule has 4 amide bonds. The number of unbranched alkanes of at least 4 members (excludes halogenated alkanes) is 8. The first-order valence-electron chi connectivity index (χ1n) is 35.3. The first-order valence-corrected chi connectivity index (χ1v) is 35.3. The van der Waals surface area contributed by atoms with Gasteiger partial charge in [0.2, 0.25) is 23.6 Å². The smallest absolute Gasteiger partial charge is 0.242 e. The molecule has 3 fully saturated rings. The Bertz CT molecular complexity index is 2570. The minimum absolute atomic E-state index is 0.00746. The molecule has 4 N–H and O–H groups in total. The highest BCUT2D eigenvalue weighted by Crippen LogP contribution is 2.43. The number of nitrogens with zero attached hydrogens (tertiary/aromatic N) is 1. The number of rotatable bonds is 42. The van der Waals surface area contributed by atoms with Crippen LogP contribution in [0.25, 0.3) is 0 Å². The van der Waals surface area contributed by atoms with Gasteiger partial charge >= 0.3 is 0 Å². The number of hydrogen-bond donors (Lipinski definition) is 4. The third-order valence-electron chi connectivity index (χ3n) is 20.2. The van der Waals surface area contributed by atoms with Crippen molar-refractivity contribution in [3.8, 4) is 11.5 Å². The number of likely N-dealkylation sites (tertiary alicyclic amines) is 1. The van der Waals surface area contributed by atoms with Crippen LogP contribution >= 0.6 is 0 Å². The lowest BCUT2D eigenvalue weighted by Gasteiger charge is -2.43. The van der Waals surface area contributed by atoms with Crippen LogP contribution in [-0.2, 0) is 53.3 Å². The molecule has 0 saturated carbocycles. The molecular weight excluding hydrogens is 1160 g/mol. The number of amides is 4. The molecule has 13 atom stereocenters. The molecule has 3 aromatic rings. The van der Waals surface area contributed by atoms with Crippen molar-refractivity contribution in [2.45, 2.75) is 245 Å². The van der Waals surface area contributed by atoms with Gasteiger partial charge in [-0.1, -0.05) is 129 Å². The molecule has 0 radical (unpaired) electrons. The maximum atomic E-state index is 13.8. The van der Waals surface area contributed by atoms with Crippen LogP contribution in [0.2, 0.25) is 0 Å². The van der Waals surface area contributed by atoms with Gasteiger partial charge in [0, 0.05) is 76.8 Å². The van der Waals surface area contributed by atoms with Crippen LogP contribution in [0.1, 0.15) is 213 Å². The van der Waals surface area contributed by atoms with E-state index < -0.39 is 17.7 Å². The summed E-state index contributed by atoms with van der Waals surface area (Å²) in [6.45, 7) is 20.1. The van der Waals surface area contributed by atoms with E-state index in [9.17, 15) is 29.1 Å². The van der Waals surface area contributed by atoms with E-state index in [4.69, 9.17) is 33.2 Å². The van der Waals surface area contributed by atoms with E-state index in [1.807, 2.05) is 78.9 Å². The summed E-state index contributed by atoms with van der Waals surface area (Å²) in [6, 6.07) is 24.7. The van der Waals surface area contributed by atoms with Gasteiger partial charge < -0.3 is 59.1 Å². The minimum atomic E-state index is -1.05. The predicted molar refractivity (Wildman–Crippen MR) is 360 cm³/mol. The van der Waals surface area contributed by atoms with Crippen molar-refractivity contribution in [1.29, 1.82) is 0 Å². The number of aliphatic hydroxyl groups is 1. The molecule has 17 heteroatoms. The zero-order chi connectivity index (χ0) is 66.4. The molecule has 3 saturated heterocycles. The van der Waals surface area contributed by atoms with Gasteiger partial charge in [0.05, 0.1) is 45.2 Å². The van der Waals surface area contributed by atoms with Crippen molar-refractivity contribution in [3.63, 3.8) is 0 Å². The Hall–Kier alpha value is -5.43. The van der Waals surface area contributed by atoms with Gasteiger partial charge in [0.1, 0.15) is 28.9 Å². The van der Waals surface area contributed by atoms with Crippen LogP contribution in [0.4, 0.5) is 0 Å². The largest absolute Gasteiger partial charge is 0.497 e. The lowest BCUT2D eigenvalue weighted by Crippen LogP contribution is -2.47. The summed E-state index contributed by atoms with van der Waals surface area (Å²) in [7, 11) is 3.27. The minimum Gasteiger partial charge on any atom is -0.497 e. The van der Waals surface area contributed by atoms with Crippen LogP contribution in [-0.4, -0.2) is 136 Å². The second kappa shape index (κ2) is 40.1. The molecular formula is C75H116N4O13. The number of ketones is 1. The fraction of sp³-hybridized carbons (Fsp3) is 0.693. The van der Waals surface area contributed by atoms with Crippen LogP contribution in [0.15, 0.2) is 78.9 Å². The molecule has 3 aliphatic heterocycles. The number of carbonyl (C=O) groups is 5. The third kappa shape index (κ3) is 22.9. The van der Waals surface area contributed by atoms with Crippen LogP contribution in [0.5, 0.6) is 11.5 Å². The van der Waals surface area contributed by atoms with Crippen molar-refractivity contribution < 1.29 is 62.2 Å². The Morgan fingerprint density at radius 2 is 1.03 bits per heavy atom. The summed E-state index contributed by atoms with van der Waals surface area (Å²) in [5, 5.41) is 20.0. The van der Waals surface area contributed by atoms with E-state index in [1.54, 1.807) is 19.1 Å². The van der Waals surface area contributed by atoms with E-state index >= 15 is 0 Å². The topological polar surface area (TPSA) is 210 Å². The number of nitrogens with one attached hydrogen (secondary N) is 3. The molecule has 0 spiro atoms. The number of methoxy groups -OCH3 is 2. The average molecular weight is 1280 g/mol. The summed E-state index contributed by atoms with van der Waals surface area (Å²) in [5.74, 6) is 3.78. The highest BCUT2D eigenvalue weighted by Gasteiger charge is 2.43. The quantitative estimate of drug-likeness (QED) is 0.0308. The van der Waals surface area contributed by atoms with Crippen molar-refractivity contribution >= 4 is 29.4 Å². The first kappa shape index (κ1) is 75.6. The van der Waals surface area contributed by atoms with E-state index in [2.05, 4.69) is 71.3 Å². The summed E-state index contributed by atoms with van der Waals surface area (Å²) in [5.41, 5.74) is 1.65. The predicted octanol–water partition coefficient (Wildman–Crippen LogP) is 12.8. The molecule has 0 bridgehead atoms. The zero-order valence-corrected chi connectivity index (χ0v) is 57.6. The maximum absolute atomic E-state index is 13.8. The molecule has 0 aliphatic carbocycles. The normalized spacial score (nSPS) is 24.4. The van der Waals surface area contributed by atoms with Crippen LogP contribution < -0.4 is 25.4 Å². The second-order valence-corrected chi connectivity index (χ2v) is 26.6. The van der Waals surface area contributed by atoms with Gasteiger partial charge in [-0.2, -0.15) is 0 Å². The number of Topliss-reactive ketones (excluding diaryl/α,β-unsaturated/α-hetero) is 1. The van der Waals surface area contributed by atoms with E-state index in [1.165, 1.54) is 0 Å². The van der Waals surface area contributed by atoms with Gasteiger partial charge in [-0.25, -0.2) is 0 Å². The summed E-state index contributed by atoms with van der Waals surface area (Å²) < 4.78 is 43.1. The Kier molecular flexibility index (Phi) is 32.9. The van der Waals surface area contributed by atoms with Gasteiger partial charge in [-0.3, -0.25) is 24.0 Å². The average Bonchev–Trinajstić information content (AvgIpc) is 0.893. The Morgan fingerprint density at radius 1 is 0.554 bits per heavy atom. The third-order valence-corrected chi connectivity index (χ3v) is 20.2. The van der Waals surface area contributed by atoms with Crippen molar-refractivity contribution in [3.05, 3.63) is 95.6 Å². The van der Waals surface area contributed by atoms with E-state index in [0.29, 0.717) is 133 Å². The molecule has 6 rings (SSSR count). The molecule has 3 aliphatic rings. The molecule has 17 nitrogen and oxygen atoms in total. The van der Waals surface area contributed by atoms with Gasteiger partial charge in [0.15, 0.2) is 12.6 Å². The summed E-state index contributed by atoms with van der Waals surface area (Å²) in [6.07, 6.45) is 13.4. The van der Waals surface area contributed by atoms with Crippen molar-refractivity contribution in [2.24, 2.45) is 35.5 Å². The summed E-state index contributed by atoms with van der Waals surface area (Å²) in [4.78, 5) is 68.3. The van der Waals surface area contributed by atoms with E-state index in [0.717, 1.165) is 86.0 Å². The molecule has 514 valence electrons. The second-order valence-electron chi connectivity index (χ2n) is 26.6. The van der Waals surface area contributed by atoms with Crippen LogP contribution in [0, 0.1) is 35.5 Å². The lowest BCUT2D eigenvalue weighted by molar-refractivity contribution is -0.248. The highest BCUT2D eigenvalue weighted by atomic mass is 16.7. The van der Waals surface area contributed by atoms with E-state index in [-0.39, 0.29) is 85.7 Å². The fourth-order valence-corrected chi connectivity index (χ4v) is 13.6. The molecule has 0 aromatic heterocycles. The number of benzene rings is 3. The first-order chi connectivity index (χ1) is 44.4. The van der Waals surface area contributed by atoms with Crippen LogP contribution in [0.3, 0.4) is 0 Å². The molecule has 3 aromatic carbocycles. The highest BCUT2D eigenvalue weighted by molar-refractivity contribution is 5.87. The van der Waals surface area contributed by atoms with Crippen molar-refractivity contribution in [1.82, 2.24) is 20.9 Å². The monoisotopic (exact) mass is 1280 g/mol. The lowest BCUT2D eigenvalue weighted by atomic mass is 9.78. The Morgan fingerprint density at radius 3 is 1.57 bits per heavy atom. The number of aliphatic hydroxyl groups excluding tert-OH is 1. The van der Waals surface area contributed by atoms with Gasteiger partial charge in [0.25, 0.3) is 0 Å². The Labute approximate surface area is 551 Å². The molecule has 3 heterocycles. The maximum Gasteiger partial charge on any atom is 0.242 e. The van der Waals surface area contributed by atoms with Gasteiger partial charge in [-0.15, -0.1) is 0 Å². The fourth-order valence-electron chi connectivity index (χ4n) is 13.6. The number of hydrogen-bond acceptors (Lipinski definition) is 13. The SMILES string of the molecule is CCC1OC(OCCCCC(=O)NCCCC[C@H](NC(=O)CCCCOC2OC(CC)C(C)C(C)C2C)C(=O)NCCCCCC(=O)CCCCCCC(=O)N2C[C@H](O)C[C@H]2COC(c2ccccc2)(c2ccc(OC)cc2)c2ccc(OC)cc2)C(C)C(C)C1C. The Balaban J connectivity index is 0.874. The van der Waals surface area contributed by atoms with Gasteiger partial charge in [-0.05, 0) is 155 Å².